The van der Waals surface area contributed by atoms with E-state index in [4.69, 9.17) is 4.74 Å². The van der Waals surface area contributed by atoms with Gasteiger partial charge in [0.1, 0.15) is 0 Å². The lowest BCUT2D eigenvalue weighted by Crippen LogP contribution is -2.13. The van der Waals surface area contributed by atoms with E-state index >= 15 is 0 Å². The van der Waals surface area contributed by atoms with E-state index in [9.17, 15) is 0 Å². The average molecular weight is 269 g/mol. The van der Waals surface area contributed by atoms with Gasteiger partial charge < -0.3 is 15.0 Å². The van der Waals surface area contributed by atoms with Gasteiger partial charge in [-0.1, -0.05) is 30.8 Å². The lowest BCUT2D eigenvalue weighted by atomic mass is 10.0. The van der Waals surface area contributed by atoms with Gasteiger partial charge in [-0.15, -0.1) is 0 Å². The van der Waals surface area contributed by atoms with Crippen LogP contribution in [0.3, 0.4) is 0 Å². The molecule has 1 N–H and O–H groups in total. The summed E-state index contributed by atoms with van der Waals surface area (Å²) in [5.41, 5.74) is 1.35. The number of thiazole rings is 1. The second kappa shape index (κ2) is 6.75. The Balaban J connectivity index is 3.10. The van der Waals surface area contributed by atoms with E-state index in [0.717, 1.165) is 16.6 Å². The van der Waals surface area contributed by atoms with Crippen molar-refractivity contribution in [3.8, 4) is 5.88 Å². The van der Waals surface area contributed by atoms with Crippen LogP contribution in [0.1, 0.15) is 18.7 Å². The number of nitrogens with one attached hydrogen (secondary N) is 1. The fraction of sp³-hybridized carbons (Fsp3) is 0.615. The quantitative estimate of drug-likeness (QED) is 0.861. The van der Waals surface area contributed by atoms with Crippen LogP contribution < -0.4 is 15.0 Å². The van der Waals surface area contributed by atoms with Crippen molar-refractivity contribution in [1.29, 1.82) is 0 Å². The van der Waals surface area contributed by atoms with Gasteiger partial charge in [0.25, 0.3) is 0 Å². The Hall–Kier alpha value is -1.07. The number of anilines is 1. The highest BCUT2D eigenvalue weighted by atomic mass is 32.1. The molecule has 0 bridgehead atoms. The number of hydrogen-bond donors (Lipinski definition) is 1. The maximum Gasteiger partial charge on any atom is 0.233 e. The van der Waals surface area contributed by atoms with Crippen molar-refractivity contribution >= 4 is 22.5 Å². The standard InChI is InChI=1S/C13H23N3OS/c1-9(2)10(8-14-3)7-11-12(17-6)15-13(18-11)16(4)5/h7,9,14H,8H2,1-6H3. The number of rotatable bonds is 6. The zero-order valence-electron chi connectivity index (χ0n) is 12.1. The molecule has 1 aromatic rings. The largest absolute Gasteiger partial charge is 0.480 e. The van der Waals surface area contributed by atoms with Crippen LogP contribution in [0.25, 0.3) is 6.08 Å². The van der Waals surface area contributed by atoms with E-state index in [1.54, 1.807) is 18.4 Å². The van der Waals surface area contributed by atoms with Crippen LogP contribution in [0.2, 0.25) is 0 Å². The molecule has 0 unspecified atom stereocenters. The average Bonchev–Trinajstić information content (AvgIpc) is 2.71. The Bertz CT molecular complexity index is 410. The molecule has 0 spiro atoms. The predicted molar refractivity (Wildman–Crippen MR) is 79.7 cm³/mol. The van der Waals surface area contributed by atoms with Crippen molar-refractivity contribution < 1.29 is 4.74 Å². The molecule has 5 heteroatoms. The van der Waals surface area contributed by atoms with Gasteiger partial charge in [0.15, 0.2) is 5.13 Å². The first-order chi connectivity index (χ1) is 8.49. The molecule has 102 valence electrons. The minimum absolute atomic E-state index is 0.507. The Labute approximate surface area is 114 Å². The van der Waals surface area contributed by atoms with Crippen LogP contribution in [0.4, 0.5) is 5.13 Å². The van der Waals surface area contributed by atoms with Gasteiger partial charge in [0.2, 0.25) is 5.88 Å². The van der Waals surface area contributed by atoms with Crippen molar-refractivity contribution in [3.63, 3.8) is 0 Å². The Morgan fingerprint density at radius 3 is 2.61 bits per heavy atom. The van der Waals surface area contributed by atoms with E-state index < -0.39 is 0 Å². The summed E-state index contributed by atoms with van der Waals surface area (Å²) in [5.74, 6) is 1.21. The third-order valence-electron chi connectivity index (χ3n) is 2.62. The van der Waals surface area contributed by atoms with Crippen LogP contribution >= 0.6 is 11.3 Å². The van der Waals surface area contributed by atoms with Crippen molar-refractivity contribution in [1.82, 2.24) is 10.3 Å². The van der Waals surface area contributed by atoms with Gasteiger partial charge >= 0.3 is 0 Å². The SMILES string of the molecule is CNCC(=Cc1sc(N(C)C)nc1OC)C(C)C. The van der Waals surface area contributed by atoms with Crippen LogP contribution in [-0.4, -0.2) is 39.8 Å². The van der Waals surface area contributed by atoms with E-state index in [-0.39, 0.29) is 0 Å². The first kappa shape index (κ1) is 15.0. The van der Waals surface area contributed by atoms with Gasteiger partial charge in [-0.05, 0) is 19.0 Å². The Morgan fingerprint density at radius 2 is 2.17 bits per heavy atom. The molecule has 0 fully saturated rings. The van der Waals surface area contributed by atoms with Gasteiger partial charge in [0.05, 0.1) is 12.0 Å². The van der Waals surface area contributed by atoms with Gasteiger partial charge in [-0.3, -0.25) is 0 Å². The smallest absolute Gasteiger partial charge is 0.233 e. The minimum Gasteiger partial charge on any atom is -0.480 e. The Kier molecular flexibility index (Phi) is 5.62. The fourth-order valence-electron chi connectivity index (χ4n) is 1.53. The van der Waals surface area contributed by atoms with Gasteiger partial charge in [0, 0.05) is 20.6 Å². The lowest BCUT2D eigenvalue weighted by molar-refractivity contribution is 0.400. The molecular weight excluding hydrogens is 246 g/mol. The fourth-order valence-corrected chi connectivity index (χ4v) is 2.46. The molecular formula is C13H23N3OS. The minimum atomic E-state index is 0.507. The normalized spacial score (nSPS) is 12.1. The van der Waals surface area contributed by atoms with Crippen LogP contribution in [0, 0.1) is 5.92 Å². The monoisotopic (exact) mass is 269 g/mol. The molecule has 0 amide bonds. The third kappa shape index (κ3) is 3.71. The summed E-state index contributed by atoms with van der Waals surface area (Å²) in [6, 6.07) is 0. The number of likely N-dealkylation sites (N-methyl/N-ethyl adjacent to an activating group) is 1. The second-order valence-corrected chi connectivity index (χ2v) is 5.68. The highest BCUT2D eigenvalue weighted by molar-refractivity contribution is 7.16. The van der Waals surface area contributed by atoms with E-state index in [1.807, 2.05) is 26.0 Å². The highest BCUT2D eigenvalue weighted by Gasteiger charge is 2.13. The highest BCUT2D eigenvalue weighted by Crippen LogP contribution is 2.33. The molecule has 0 aromatic carbocycles. The zero-order chi connectivity index (χ0) is 13.7. The topological polar surface area (TPSA) is 37.4 Å². The molecule has 0 aliphatic rings. The second-order valence-electron chi connectivity index (χ2n) is 4.67. The summed E-state index contributed by atoms with van der Waals surface area (Å²) in [6.45, 7) is 5.28. The number of nitrogens with zero attached hydrogens (tertiary/aromatic N) is 2. The maximum atomic E-state index is 5.34. The molecule has 4 nitrogen and oxygen atoms in total. The van der Waals surface area contributed by atoms with Gasteiger partial charge in [-0.2, -0.15) is 4.98 Å². The zero-order valence-corrected chi connectivity index (χ0v) is 12.9. The van der Waals surface area contributed by atoms with Gasteiger partial charge in [-0.25, -0.2) is 0 Å². The van der Waals surface area contributed by atoms with Crippen molar-refractivity contribution in [2.75, 3.05) is 39.7 Å². The summed E-state index contributed by atoms with van der Waals surface area (Å²) >= 11 is 1.65. The molecule has 18 heavy (non-hydrogen) atoms. The van der Waals surface area contributed by atoms with Crippen LogP contribution in [0.5, 0.6) is 5.88 Å². The molecule has 0 radical (unpaired) electrons. The van der Waals surface area contributed by atoms with E-state index in [0.29, 0.717) is 11.8 Å². The maximum absolute atomic E-state index is 5.34. The molecule has 0 atom stereocenters. The summed E-state index contributed by atoms with van der Waals surface area (Å²) in [4.78, 5) is 7.54. The van der Waals surface area contributed by atoms with Crippen LogP contribution in [-0.2, 0) is 0 Å². The summed E-state index contributed by atoms with van der Waals surface area (Å²) < 4.78 is 5.34. The summed E-state index contributed by atoms with van der Waals surface area (Å²) in [6.07, 6.45) is 2.19. The number of hydrogen-bond acceptors (Lipinski definition) is 5. The van der Waals surface area contributed by atoms with Crippen LogP contribution in [0.15, 0.2) is 5.57 Å². The molecule has 0 aliphatic carbocycles. The first-order valence-electron chi connectivity index (χ1n) is 6.06. The first-order valence-corrected chi connectivity index (χ1v) is 6.88. The van der Waals surface area contributed by atoms with Crippen molar-refractivity contribution in [3.05, 3.63) is 10.5 Å². The molecule has 0 saturated carbocycles. The van der Waals surface area contributed by atoms with E-state index in [1.165, 1.54) is 5.57 Å². The van der Waals surface area contributed by atoms with E-state index in [2.05, 4.69) is 30.2 Å². The van der Waals surface area contributed by atoms with Crippen molar-refractivity contribution in [2.24, 2.45) is 5.92 Å². The third-order valence-corrected chi connectivity index (χ3v) is 3.78. The molecule has 1 rings (SSSR count). The number of ether oxygens (including phenoxy) is 1. The summed E-state index contributed by atoms with van der Waals surface area (Å²) in [5, 5.41) is 4.16. The molecule has 1 heterocycles. The molecule has 0 saturated heterocycles. The summed E-state index contributed by atoms with van der Waals surface area (Å²) in [7, 11) is 7.61. The number of aromatic nitrogens is 1. The van der Waals surface area contributed by atoms with Crippen molar-refractivity contribution in [2.45, 2.75) is 13.8 Å². The molecule has 1 aromatic heterocycles. The lowest BCUT2D eigenvalue weighted by Gasteiger charge is -2.10. The number of methoxy groups -OCH3 is 1. The molecule has 0 aliphatic heterocycles. The Morgan fingerprint density at radius 1 is 1.50 bits per heavy atom. The predicted octanol–water partition coefficient (Wildman–Crippen LogP) is 2.48.